The van der Waals surface area contributed by atoms with Crippen LogP contribution in [-0.2, 0) is 6.54 Å². The molecule has 0 saturated heterocycles. The van der Waals surface area contributed by atoms with Crippen LogP contribution < -0.4 is 10.1 Å². The van der Waals surface area contributed by atoms with Crippen LogP contribution in [0.3, 0.4) is 0 Å². The van der Waals surface area contributed by atoms with Gasteiger partial charge in [0.15, 0.2) is 0 Å². The molecule has 108 valence electrons. The normalized spacial score (nSPS) is 13.3. The van der Waals surface area contributed by atoms with Crippen molar-refractivity contribution in [1.82, 2.24) is 5.32 Å². The fraction of sp³-hybridized carbons (Fsp3) is 0.538. The highest BCUT2D eigenvalue weighted by Crippen LogP contribution is 2.22. The van der Waals surface area contributed by atoms with Crippen molar-refractivity contribution >= 4 is 0 Å². The second-order valence-electron chi connectivity index (χ2n) is 4.28. The predicted octanol–water partition coefficient (Wildman–Crippen LogP) is 2.49. The maximum atomic E-state index is 12.2. The number of alkyl halides is 3. The number of hydrogen-bond donors (Lipinski definition) is 2. The third-order valence-electron chi connectivity index (χ3n) is 2.50. The molecule has 0 aliphatic carbocycles. The van der Waals surface area contributed by atoms with Gasteiger partial charge in [0.1, 0.15) is 12.4 Å². The van der Waals surface area contributed by atoms with Crippen molar-refractivity contribution in [3.05, 3.63) is 29.8 Å². The van der Waals surface area contributed by atoms with Gasteiger partial charge in [-0.1, -0.05) is 18.2 Å². The molecular formula is C13H18F3NO2. The topological polar surface area (TPSA) is 41.5 Å². The first-order valence-corrected chi connectivity index (χ1v) is 6.04. The molecule has 0 heterocycles. The van der Waals surface area contributed by atoms with E-state index in [1.165, 1.54) is 6.92 Å². The Balaban J connectivity index is 2.52. The van der Waals surface area contributed by atoms with Crippen LogP contribution in [0, 0.1) is 0 Å². The van der Waals surface area contributed by atoms with Gasteiger partial charge in [0, 0.05) is 18.2 Å². The number of aliphatic hydroxyl groups is 1. The second-order valence-corrected chi connectivity index (χ2v) is 4.28. The first-order chi connectivity index (χ1) is 8.92. The van der Waals surface area contributed by atoms with E-state index in [1.807, 2.05) is 0 Å². The molecule has 1 unspecified atom stereocenters. The van der Waals surface area contributed by atoms with E-state index in [9.17, 15) is 13.2 Å². The quantitative estimate of drug-likeness (QED) is 0.804. The van der Waals surface area contributed by atoms with Gasteiger partial charge in [-0.25, -0.2) is 0 Å². The Bertz CT molecular complexity index is 382. The molecule has 0 spiro atoms. The maximum absolute atomic E-state index is 12.2. The van der Waals surface area contributed by atoms with Gasteiger partial charge in [0.2, 0.25) is 0 Å². The molecule has 0 saturated carbocycles. The Morgan fingerprint density at radius 3 is 2.63 bits per heavy atom. The van der Waals surface area contributed by atoms with Gasteiger partial charge in [-0.3, -0.25) is 0 Å². The Morgan fingerprint density at radius 1 is 1.32 bits per heavy atom. The molecule has 0 aliphatic heterocycles. The fourth-order valence-electron chi connectivity index (χ4n) is 1.65. The first-order valence-electron chi connectivity index (χ1n) is 6.04. The van der Waals surface area contributed by atoms with Crippen molar-refractivity contribution in [2.24, 2.45) is 0 Å². The van der Waals surface area contributed by atoms with Gasteiger partial charge in [-0.05, 0) is 13.0 Å². The van der Waals surface area contributed by atoms with Crippen molar-refractivity contribution < 1.29 is 23.0 Å². The number of aliphatic hydroxyl groups excluding tert-OH is 1. The summed E-state index contributed by atoms with van der Waals surface area (Å²) in [5, 5.41) is 11.5. The van der Waals surface area contributed by atoms with Gasteiger partial charge in [-0.2, -0.15) is 13.2 Å². The van der Waals surface area contributed by atoms with E-state index in [0.29, 0.717) is 12.3 Å². The van der Waals surface area contributed by atoms with Crippen LogP contribution in [0.4, 0.5) is 13.2 Å². The molecule has 0 radical (unpaired) electrons. The van der Waals surface area contributed by atoms with E-state index in [2.05, 4.69) is 5.32 Å². The van der Waals surface area contributed by atoms with Crippen LogP contribution in [0.25, 0.3) is 0 Å². The molecule has 19 heavy (non-hydrogen) atoms. The second kappa shape index (κ2) is 7.35. The molecule has 1 aromatic carbocycles. The summed E-state index contributed by atoms with van der Waals surface area (Å²) in [6.45, 7) is 1.84. The molecule has 2 N–H and O–H groups in total. The third-order valence-corrected chi connectivity index (χ3v) is 2.50. The summed E-state index contributed by atoms with van der Waals surface area (Å²) in [4.78, 5) is 0. The van der Waals surface area contributed by atoms with Crippen molar-refractivity contribution in [3.63, 3.8) is 0 Å². The van der Waals surface area contributed by atoms with E-state index in [1.54, 1.807) is 24.3 Å². The number of para-hydroxylation sites is 1. The highest BCUT2D eigenvalue weighted by atomic mass is 19.4. The minimum atomic E-state index is -4.17. The van der Waals surface area contributed by atoms with Crippen molar-refractivity contribution in [3.8, 4) is 5.75 Å². The average molecular weight is 277 g/mol. The number of hydrogen-bond acceptors (Lipinski definition) is 3. The molecule has 1 rings (SSSR count). The van der Waals surface area contributed by atoms with E-state index in [-0.39, 0.29) is 13.2 Å². The summed E-state index contributed by atoms with van der Waals surface area (Å²) in [6, 6.07) is 6.40. The van der Waals surface area contributed by atoms with Gasteiger partial charge < -0.3 is 15.2 Å². The molecule has 6 heteroatoms. The summed E-state index contributed by atoms with van der Waals surface area (Å²) < 4.78 is 41.9. The lowest BCUT2D eigenvalue weighted by Gasteiger charge is -2.17. The minimum Gasteiger partial charge on any atom is -0.491 e. The largest absolute Gasteiger partial charge is 0.491 e. The lowest BCUT2D eigenvalue weighted by atomic mass is 10.1. The molecule has 0 amide bonds. The Hall–Kier alpha value is -1.27. The summed E-state index contributed by atoms with van der Waals surface area (Å²) >= 11 is 0. The van der Waals surface area contributed by atoms with Gasteiger partial charge in [0.25, 0.3) is 0 Å². The van der Waals surface area contributed by atoms with Gasteiger partial charge in [0.05, 0.1) is 13.0 Å². The van der Waals surface area contributed by atoms with Crippen molar-refractivity contribution in [1.29, 1.82) is 0 Å². The summed E-state index contributed by atoms with van der Waals surface area (Å²) in [7, 11) is 0. The summed E-state index contributed by atoms with van der Waals surface area (Å²) in [6.07, 6.45) is -5.04. The molecule has 3 nitrogen and oxygen atoms in total. The predicted molar refractivity (Wildman–Crippen MR) is 66.0 cm³/mol. The first kappa shape index (κ1) is 15.8. The monoisotopic (exact) mass is 277 g/mol. The summed E-state index contributed by atoms with van der Waals surface area (Å²) in [5.74, 6) is 0.572. The van der Waals surface area contributed by atoms with Crippen molar-refractivity contribution in [2.75, 3.05) is 13.2 Å². The zero-order valence-corrected chi connectivity index (χ0v) is 10.7. The number of halogens is 3. The molecule has 0 fully saturated rings. The molecule has 1 atom stereocenters. The fourth-order valence-corrected chi connectivity index (χ4v) is 1.65. The van der Waals surface area contributed by atoms with Gasteiger partial charge >= 0.3 is 6.18 Å². The Labute approximate surface area is 110 Å². The number of rotatable bonds is 7. The lowest BCUT2D eigenvalue weighted by Crippen LogP contribution is -2.30. The molecule has 1 aromatic rings. The standard InChI is InChI=1S/C13H18F3NO2/c1-10(8-13(14,15)16)17-9-11-4-2-3-5-12(11)19-7-6-18/h2-5,10,17-18H,6-9H2,1H3. The number of nitrogens with one attached hydrogen (secondary N) is 1. The van der Waals surface area contributed by atoms with E-state index in [0.717, 1.165) is 5.56 Å². The lowest BCUT2D eigenvalue weighted by molar-refractivity contribution is -0.139. The number of ether oxygens (including phenoxy) is 1. The van der Waals surface area contributed by atoms with Crippen LogP contribution in [0.15, 0.2) is 24.3 Å². The Kier molecular flexibility index (Phi) is 6.11. The van der Waals surface area contributed by atoms with Crippen molar-refractivity contribution in [2.45, 2.75) is 32.1 Å². The third kappa shape index (κ3) is 6.45. The molecular weight excluding hydrogens is 259 g/mol. The van der Waals surface area contributed by atoms with E-state index >= 15 is 0 Å². The Morgan fingerprint density at radius 2 is 2.00 bits per heavy atom. The minimum absolute atomic E-state index is 0.105. The van der Waals surface area contributed by atoms with Crippen LogP contribution in [-0.4, -0.2) is 30.5 Å². The van der Waals surface area contributed by atoms with E-state index < -0.39 is 18.6 Å². The zero-order valence-electron chi connectivity index (χ0n) is 10.7. The smallest absolute Gasteiger partial charge is 0.390 e. The SMILES string of the molecule is CC(CC(F)(F)F)NCc1ccccc1OCCO. The van der Waals surface area contributed by atoms with E-state index in [4.69, 9.17) is 9.84 Å². The molecule has 0 aromatic heterocycles. The average Bonchev–Trinajstić information content (AvgIpc) is 2.32. The molecule has 0 bridgehead atoms. The van der Waals surface area contributed by atoms with Gasteiger partial charge in [-0.15, -0.1) is 0 Å². The highest BCUT2D eigenvalue weighted by Gasteiger charge is 2.29. The van der Waals surface area contributed by atoms with Crippen LogP contribution >= 0.6 is 0 Å². The highest BCUT2D eigenvalue weighted by molar-refractivity contribution is 5.33. The number of benzene rings is 1. The summed E-state index contributed by atoms with van der Waals surface area (Å²) in [5.41, 5.74) is 0.768. The van der Waals surface area contributed by atoms with Crippen LogP contribution in [0.1, 0.15) is 18.9 Å². The zero-order chi connectivity index (χ0) is 14.3. The molecule has 0 aliphatic rings. The maximum Gasteiger partial charge on any atom is 0.390 e. The van der Waals surface area contributed by atoms with Crippen LogP contribution in [0.2, 0.25) is 0 Å². The van der Waals surface area contributed by atoms with Crippen LogP contribution in [0.5, 0.6) is 5.75 Å².